The minimum absolute atomic E-state index is 0.187. The molecular formula is C20H22O4. The fourth-order valence-corrected chi connectivity index (χ4v) is 5.09. The average molecular weight is 326 g/mol. The number of esters is 2. The highest BCUT2D eigenvalue weighted by molar-refractivity contribution is 6.03. The zero-order chi connectivity index (χ0) is 16.8. The van der Waals surface area contributed by atoms with E-state index in [4.69, 9.17) is 9.47 Å². The van der Waals surface area contributed by atoms with Crippen LogP contribution in [0.15, 0.2) is 29.8 Å². The largest absolute Gasteiger partial charge is 0.466 e. The number of fused-ring (bicyclic) bond motifs is 5. The van der Waals surface area contributed by atoms with Crippen molar-refractivity contribution in [2.24, 2.45) is 23.7 Å². The fourth-order valence-electron chi connectivity index (χ4n) is 5.09. The first-order valence-electron chi connectivity index (χ1n) is 8.75. The molecule has 0 aromatic heterocycles. The first kappa shape index (κ1) is 15.4. The lowest BCUT2D eigenvalue weighted by Crippen LogP contribution is -2.38. The van der Waals surface area contributed by atoms with Gasteiger partial charge < -0.3 is 9.47 Å². The highest BCUT2D eigenvalue weighted by Crippen LogP contribution is 2.66. The van der Waals surface area contributed by atoms with Gasteiger partial charge in [0.15, 0.2) is 0 Å². The van der Waals surface area contributed by atoms with Gasteiger partial charge in [-0.3, -0.25) is 0 Å². The molecule has 3 aliphatic carbocycles. The van der Waals surface area contributed by atoms with Gasteiger partial charge in [-0.1, -0.05) is 12.1 Å². The molecule has 126 valence electrons. The summed E-state index contributed by atoms with van der Waals surface area (Å²) >= 11 is 0. The van der Waals surface area contributed by atoms with E-state index in [-0.39, 0.29) is 11.9 Å². The van der Waals surface area contributed by atoms with Gasteiger partial charge in [-0.15, -0.1) is 0 Å². The maximum Gasteiger partial charge on any atom is 0.338 e. The summed E-state index contributed by atoms with van der Waals surface area (Å²) < 4.78 is 10.1. The van der Waals surface area contributed by atoms with Crippen LogP contribution in [-0.4, -0.2) is 25.7 Å². The quantitative estimate of drug-likeness (QED) is 0.795. The van der Waals surface area contributed by atoms with Crippen LogP contribution in [0.2, 0.25) is 0 Å². The Balaban J connectivity index is 1.68. The molecule has 4 atom stereocenters. The second-order valence-corrected chi connectivity index (χ2v) is 7.00. The summed E-state index contributed by atoms with van der Waals surface area (Å²) in [5.74, 6) is 1.73. The van der Waals surface area contributed by atoms with Crippen LogP contribution in [0.5, 0.6) is 0 Å². The molecule has 0 amide bonds. The van der Waals surface area contributed by atoms with Gasteiger partial charge in [-0.25, -0.2) is 9.59 Å². The van der Waals surface area contributed by atoms with Crippen LogP contribution in [-0.2, 0) is 14.3 Å². The number of hydrogen-bond donors (Lipinski definition) is 0. The van der Waals surface area contributed by atoms with Crippen molar-refractivity contribution in [3.05, 3.63) is 41.0 Å². The molecule has 4 rings (SSSR count). The maximum atomic E-state index is 12.3. The summed E-state index contributed by atoms with van der Waals surface area (Å²) in [6.45, 7) is 2.16. The summed E-state index contributed by atoms with van der Waals surface area (Å²) in [6.07, 6.45) is 3.74. The van der Waals surface area contributed by atoms with Gasteiger partial charge in [-0.05, 0) is 67.2 Å². The monoisotopic (exact) mass is 326 g/mol. The Morgan fingerprint density at radius 2 is 1.71 bits per heavy atom. The highest BCUT2D eigenvalue weighted by atomic mass is 16.5. The van der Waals surface area contributed by atoms with Crippen LogP contribution in [0.1, 0.15) is 42.1 Å². The standard InChI is InChI=1S/C20H22O4/c1-3-24-19(21)12-6-4-11(5-7-12)15-16-13-8-9-14(10-13)17(16)18(15)20(22)23-2/h4-7,13-14,16-17H,3,8-10H2,1-2H3/t13-,14+,16-,17-/m0/s1. The van der Waals surface area contributed by atoms with Crippen LogP contribution in [0.4, 0.5) is 0 Å². The van der Waals surface area contributed by atoms with E-state index < -0.39 is 0 Å². The first-order chi connectivity index (χ1) is 11.7. The third-order valence-corrected chi connectivity index (χ3v) is 5.99. The first-order valence-corrected chi connectivity index (χ1v) is 8.75. The lowest BCUT2D eigenvalue weighted by Gasteiger charge is -2.44. The van der Waals surface area contributed by atoms with E-state index in [9.17, 15) is 9.59 Å². The van der Waals surface area contributed by atoms with Crippen molar-refractivity contribution < 1.29 is 19.1 Å². The van der Waals surface area contributed by atoms with E-state index >= 15 is 0 Å². The predicted molar refractivity (Wildman–Crippen MR) is 89.1 cm³/mol. The number of allylic oxidation sites excluding steroid dienone is 1. The third kappa shape index (κ3) is 2.12. The Morgan fingerprint density at radius 1 is 1.04 bits per heavy atom. The third-order valence-electron chi connectivity index (χ3n) is 5.99. The van der Waals surface area contributed by atoms with Gasteiger partial charge >= 0.3 is 11.9 Å². The van der Waals surface area contributed by atoms with Crippen molar-refractivity contribution >= 4 is 17.5 Å². The molecule has 3 aliphatic rings. The average Bonchev–Trinajstić information content (AvgIpc) is 3.13. The van der Waals surface area contributed by atoms with E-state index in [1.54, 1.807) is 19.1 Å². The zero-order valence-electron chi connectivity index (χ0n) is 14.1. The number of benzene rings is 1. The molecule has 4 nitrogen and oxygen atoms in total. The summed E-state index contributed by atoms with van der Waals surface area (Å²) in [5.41, 5.74) is 3.61. The second kappa shape index (κ2) is 5.76. The van der Waals surface area contributed by atoms with Crippen LogP contribution in [0.25, 0.3) is 5.57 Å². The molecule has 1 aromatic carbocycles. The molecule has 0 heterocycles. The summed E-state index contributed by atoms with van der Waals surface area (Å²) in [7, 11) is 1.46. The summed E-state index contributed by atoms with van der Waals surface area (Å²) in [6, 6.07) is 7.45. The van der Waals surface area contributed by atoms with Gasteiger partial charge in [0, 0.05) is 11.5 Å². The van der Waals surface area contributed by atoms with Crippen LogP contribution >= 0.6 is 0 Å². The number of carbonyl (C=O) groups is 2. The van der Waals surface area contributed by atoms with Gasteiger partial charge in [0.2, 0.25) is 0 Å². The van der Waals surface area contributed by atoms with Crippen molar-refractivity contribution in [2.45, 2.75) is 26.2 Å². The van der Waals surface area contributed by atoms with Gasteiger partial charge in [0.25, 0.3) is 0 Å². The van der Waals surface area contributed by atoms with Crippen LogP contribution < -0.4 is 0 Å². The van der Waals surface area contributed by atoms with Crippen molar-refractivity contribution in [3.8, 4) is 0 Å². The molecule has 2 bridgehead atoms. The number of methoxy groups -OCH3 is 1. The minimum atomic E-state index is -0.308. The minimum Gasteiger partial charge on any atom is -0.466 e. The molecule has 4 heteroatoms. The topological polar surface area (TPSA) is 52.6 Å². The molecule has 0 unspecified atom stereocenters. The Morgan fingerprint density at radius 3 is 2.33 bits per heavy atom. The Labute approximate surface area is 141 Å². The molecule has 1 aromatic rings. The van der Waals surface area contributed by atoms with Crippen molar-refractivity contribution in [1.29, 1.82) is 0 Å². The van der Waals surface area contributed by atoms with Gasteiger partial charge in [0.1, 0.15) is 0 Å². The van der Waals surface area contributed by atoms with E-state index in [2.05, 4.69) is 0 Å². The SMILES string of the molecule is CCOC(=O)c1ccc(C2=C(C(=O)OC)[C@H]3[C@@H]4CC[C@@H](C4)[C@@H]23)cc1. The van der Waals surface area contributed by atoms with Crippen LogP contribution in [0.3, 0.4) is 0 Å². The molecular weight excluding hydrogens is 304 g/mol. The molecule has 0 saturated heterocycles. The van der Waals surface area contributed by atoms with Gasteiger partial charge in [-0.2, -0.15) is 0 Å². The molecule has 0 aliphatic heterocycles. The second-order valence-electron chi connectivity index (χ2n) is 7.00. The predicted octanol–water partition coefficient (Wildman–Crippen LogP) is 3.47. The Kier molecular flexibility index (Phi) is 3.70. The van der Waals surface area contributed by atoms with E-state index in [0.717, 1.165) is 16.7 Å². The lowest BCUT2D eigenvalue weighted by atomic mass is 9.59. The molecule has 0 N–H and O–H groups in total. The number of ether oxygens (including phenoxy) is 2. The highest BCUT2D eigenvalue weighted by Gasteiger charge is 2.58. The van der Waals surface area contributed by atoms with E-state index in [1.807, 2.05) is 12.1 Å². The molecule has 2 saturated carbocycles. The van der Waals surface area contributed by atoms with E-state index in [1.165, 1.54) is 26.4 Å². The normalized spacial score (nSPS) is 29.9. The van der Waals surface area contributed by atoms with E-state index in [0.29, 0.717) is 35.8 Å². The Bertz CT molecular complexity index is 716. The van der Waals surface area contributed by atoms with Crippen molar-refractivity contribution in [1.82, 2.24) is 0 Å². The Hall–Kier alpha value is -2.10. The lowest BCUT2D eigenvalue weighted by molar-refractivity contribution is -0.137. The summed E-state index contributed by atoms with van der Waals surface area (Å²) in [4.78, 5) is 24.1. The smallest absolute Gasteiger partial charge is 0.338 e. The van der Waals surface area contributed by atoms with Crippen molar-refractivity contribution in [2.75, 3.05) is 13.7 Å². The summed E-state index contributed by atoms with van der Waals surface area (Å²) in [5, 5.41) is 0. The van der Waals surface area contributed by atoms with Crippen molar-refractivity contribution in [3.63, 3.8) is 0 Å². The zero-order valence-corrected chi connectivity index (χ0v) is 14.1. The van der Waals surface area contributed by atoms with Crippen LogP contribution in [0, 0.1) is 23.7 Å². The number of rotatable bonds is 4. The maximum absolute atomic E-state index is 12.3. The molecule has 2 fully saturated rings. The molecule has 24 heavy (non-hydrogen) atoms. The number of hydrogen-bond acceptors (Lipinski definition) is 4. The van der Waals surface area contributed by atoms with Gasteiger partial charge in [0.05, 0.1) is 19.3 Å². The molecule has 0 spiro atoms. The fraction of sp³-hybridized carbons (Fsp3) is 0.500. The molecule has 0 radical (unpaired) electrons. The number of carbonyl (C=O) groups excluding carboxylic acids is 2.